The van der Waals surface area contributed by atoms with Gasteiger partial charge in [-0.05, 0) is 57.2 Å². The fourth-order valence-corrected chi connectivity index (χ4v) is 4.42. The fraction of sp³-hybridized carbons (Fsp3) is 0.913. The molecule has 0 aliphatic rings. The molecule has 0 bridgehead atoms. The summed E-state index contributed by atoms with van der Waals surface area (Å²) in [4.78, 5) is 24.6. The van der Waals surface area contributed by atoms with Crippen molar-refractivity contribution in [2.45, 2.75) is 118 Å². The summed E-state index contributed by atoms with van der Waals surface area (Å²) < 4.78 is 12.2. The average Bonchev–Trinajstić information content (AvgIpc) is 2.52. The second-order valence-corrected chi connectivity index (χ2v) is 16.2. The Kier molecular flexibility index (Phi) is 10.6. The highest BCUT2D eigenvalue weighted by atomic mass is 28.4. The Morgan fingerprint density at radius 1 is 1.03 bits per heavy atom. The van der Waals surface area contributed by atoms with Gasteiger partial charge in [-0.3, -0.25) is 4.79 Å². The predicted molar refractivity (Wildman–Crippen MR) is 125 cm³/mol. The number of hydrogen-bond donors (Lipinski definition) is 2. The van der Waals surface area contributed by atoms with Crippen molar-refractivity contribution in [3.05, 3.63) is 0 Å². The van der Waals surface area contributed by atoms with Gasteiger partial charge in [-0.2, -0.15) is 0 Å². The number of carbonyl (C=O) groups excluding carboxylic acids is 1. The molecule has 0 spiro atoms. The van der Waals surface area contributed by atoms with Crippen LogP contribution in [0.25, 0.3) is 0 Å². The van der Waals surface area contributed by atoms with Crippen LogP contribution in [0.4, 0.5) is 4.79 Å². The minimum absolute atomic E-state index is 0.0161. The lowest BCUT2D eigenvalue weighted by atomic mass is 9.83. The highest BCUT2D eigenvalue weighted by Crippen LogP contribution is 2.39. The third kappa shape index (κ3) is 9.37. The van der Waals surface area contributed by atoms with E-state index in [0.29, 0.717) is 6.42 Å². The molecular weight excluding hydrogens is 398 g/mol. The summed E-state index contributed by atoms with van der Waals surface area (Å²) in [5.74, 6) is -1.28. The van der Waals surface area contributed by atoms with Crippen LogP contribution >= 0.6 is 0 Å². The summed E-state index contributed by atoms with van der Waals surface area (Å²) in [6.07, 6.45) is 0.222. The molecule has 0 aromatic carbocycles. The molecule has 0 heterocycles. The van der Waals surface area contributed by atoms with E-state index in [0.717, 1.165) is 6.42 Å². The van der Waals surface area contributed by atoms with E-state index >= 15 is 0 Å². The molecule has 0 fully saturated rings. The van der Waals surface area contributed by atoms with E-state index in [1.165, 1.54) is 0 Å². The summed E-state index contributed by atoms with van der Waals surface area (Å²) in [7, 11) is -2.21. The summed E-state index contributed by atoms with van der Waals surface area (Å²) in [6, 6.07) is -0.347. The molecule has 0 aliphatic heterocycles. The van der Waals surface area contributed by atoms with Gasteiger partial charge >= 0.3 is 12.1 Å². The summed E-state index contributed by atoms with van der Waals surface area (Å²) >= 11 is 0. The summed E-state index contributed by atoms with van der Waals surface area (Å²) in [5.41, 5.74) is -0.609. The van der Waals surface area contributed by atoms with Crippen LogP contribution in [0.15, 0.2) is 0 Å². The Balaban J connectivity index is 6.00. The fourth-order valence-electron chi connectivity index (χ4n) is 3.07. The Labute approximate surface area is 185 Å². The molecule has 178 valence electrons. The Morgan fingerprint density at radius 2 is 1.53 bits per heavy atom. The molecule has 1 amide bonds. The highest BCUT2D eigenvalue weighted by Gasteiger charge is 2.43. The number of amides is 1. The molecule has 0 saturated heterocycles. The summed E-state index contributed by atoms with van der Waals surface area (Å²) in [5, 5.41) is 12.8. The van der Waals surface area contributed by atoms with Gasteiger partial charge in [0.25, 0.3) is 0 Å². The number of rotatable bonds is 10. The molecule has 0 rings (SSSR count). The molecule has 0 saturated carbocycles. The van der Waals surface area contributed by atoms with E-state index < -0.39 is 38.0 Å². The molecule has 30 heavy (non-hydrogen) atoms. The minimum atomic E-state index is -2.21. The van der Waals surface area contributed by atoms with Crippen molar-refractivity contribution >= 4 is 20.4 Å². The largest absolute Gasteiger partial charge is 0.481 e. The van der Waals surface area contributed by atoms with Gasteiger partial charge in [0.1, 0.15) is 5.60 Å². The molecule has 0 radical (unpaired) electrons. The third-order valence-electron chi connectivity index (χ3n) is 6.19. The van der Waals surface area contributed by atoms with Crippen LogP contribution < -0.4 is 5.32 Å². The highest BCUT2D eigenvalue weighted by molar-refractivity contribution is 6.74. The zero-order chi connectivity index (χ0) is 24.1. The normalized spacial score (nSPS) is 17.2. The molecule has 0 aliphatic carbocycles. The second kappa shape index (κ2) is 11.0. The zero-order valence-electron chi connectivity index (χ0n) is 21.4. The van der Waals surface area contributed by atoms with Crippen LogP contribution in [-0.2, 0) is 14.0 Å². The first-order valence-electron chi connectivity index (χ1n) is 11.2. The Hall–Kier alpha value is -1.08. The molecule has 4 atom stereocenters. The van der Waals surface area contributed by atoms with Crippen LogP contribution in [0.1, 0.15) is 82.1 Å². The Bertz CT molecular complexity index is 563. The third-order valence-corrected chi connectivity index (χ3v) is 10.7. The van der Waals surface area contributed by atoms with Gasteiger partial charge in [0, 0.05) is 0 Å². The molecule has 0 aromatic heterocycles. The van der Waals surface area contributed by atoms with E-state index in [9.17, 15) is 14.7 Å². The lowest BCUT2D eigenvalue weighted by Crippen LogP contribution is -2.55. The van der Waals surface area contributed by atoms with E-state index in [-0.39, 0.29) is 22.9 Å². The zero-order valence-corrected chi connectivity index (χ0v) is 22.4. The first-order valence-corrected chi connectivity index (χ1v) is 14.1. The number of carboxylic acids is 1. The number of aliphatic carboxylic acids is 1. The van der Waals surface area contributed by atoms with Crippen molar-refractivity contribution < 1.29 is 23.9 Å². The topological polar surface area (TPSA) is 84.9 Å². The maximum absolute atomic E-state index is 12.6. The molecular formula is C23H47NO5Si. The minimum Gasteiger partial charge on any atom is -0.481 e. The van der Waals surface area contributed by atoms with E-state index in [4.69, 9.17) is 9.16 Å². The number of carbonyl (C=O) groups is 2. The van der Waals surface area contributed by atoms with Gasteiger partial charge in [0.05, 0.1) is 18.1 Å². The number of alkyl carbamates (subject to hydrolysis) is 1. The lowest BCUT2D eigenvalue weighted by molar-refractivity contribution is -0.145. The van der Waals surface area contributed by atoms with Crippen LogP contribution in [0.5, 0.6) is 0 Å². The van der Waals surface area contributed by atoms with Crippen LogP contribution in [0, 0.1) is 17.8 Å². The second-order valence-electron chi connectivity index (χ2n) is 11.4. The van der Waals surface area contributed by atoms with Gasteiger partial charge in [0.2, 0.25) is 0 Å². The SMILES string of the molecule is CC[C@H](C)[C@H](C[C@@H](O[Si](C)(C)C(C)(C)C)[C@@H](NC(=O)OC(C)(C)C)C(C)C)C(=O)O. The van der Waals surface area contributed by atoms with Gasteiger partial charge in [0.15, 0.2) is 8.32 Å². The maximum Gasteiger partial charge on any atom is 0.407 e. The van der Waals surface area contributed by atoms with Crippen molar-refractivity contribution in [3.63, 3.8) is 0 Å². The molecule has 0 unspecified atom stereocenters. The van der Waals surface area contributed by atoms with Crippen LogP contribution in [-0.4, -0.2) is 43.2 Å². The summed E-state index contributed by atoms with van der Waals surface area (Å²) in [6.45, 7) is 24.3. The first-order chi connectivity index (χ1) is 13.3. The van der Waals surface area contributed by atoms with Crippen molar-refractivity contribution in [1.29, 1.82) is 0 Å². The Morgan fingerprint density at radius 3 is 1.87 bits per heavy atom. The van der Waals surface area contributed by atoms with Crippen molar-refractivity contribution in [3.8, 4) is 0 Å². The van der Waals surface area contributed by atoms with E-state index in [2.05, 4.69) is 39.2 Å². The molecule has 0 aromatic rings. The average molecular weight is 446 g/mol. The monoisotopic (exact) mass is 445 g/mol. The number of hydrogen-bond acceptors (Lipinski definition) is 4. The standard InChI is InChI=1S/C23H47NO5Si/c1-13-16(4)17(20(25)26)14-18(29-30(11,12)23(8,9)10)19(15(2)3)24-21(27)28-22(5,6)7/h15-19H,13-14H2,1-12H3,(H,24,27)(H,25,26)/t16-,17-,18+,19-/m0/s1. The molecule has 6 nitrogen and oxygen atoms in total. The quantitative estimate of drug-likeness (QED) is 0.399. The van der Waals surface area contributed by atoms with Crippen molar-refractivity contribution in [1.82, 2.24) is 5.32 Å². The van der Waals surface area contributed by atoms with Gasteiger partial charge < -0.3 is 19.6 Å². The number of nitrogens with one attached hydrogen (secondary N) is 1. The lowest BCUT2D eigenvalue weighted by Gasteiger charge is -2.43. The van der Waals surface area contributed by atoms with Crippen molar-refractivity contribution in [2.24, 2.45) is 17.8 Å². The van der Waals surface area contributed by atoms with Gasteiger partial charge in [-0.1, -0.05) is 54.9 Å². The maximum atomic E-state index is 12.6. The predicted octanol–water partition coefficient (Wildman–Crippen LogP) is 6.06. The van der Waals surface area contributed by atoms with Gasteiger partial charge in [-0.15, -0.1) is 0 Å². The first kappa shape index (κ1) is 28.9. The number of carboxylic acid groups (broad SMARTS) is 1. The van der Waals surface area contributed by atoms with Crippen molar-refractivity contribution in [2.75, 3.05) is 0 Å². The van der Waals surface area contributed by atoms with E-state index in [1.54, 1.807) is 0 Å². The van der Waals surface area contributed by atoms with E-state index in [1.807, 2.05) is 48.5 Å². The van der Waals surface area contributed by atoms with Crippen LogP contribution in [0.3, 0.4) is 0 Å². The van der Waals surface area contributed by atoms with Crippen LogP contribution in [0.2, 0.25) is 18.1 Å². The molecule has 7 heteroatoms. The number of ether oxygens (including phenoxy) is 1. The smallest absolute Gasteiger partial charge is 0.407 e. The molecule has 2 N–H and O–H groups in total. The van der Waals surface area contributed by atoms with Gasteiger partial charge in [-0.25, -0.2) is 4.79 Å².